The minimum absolute atomic E-state index is 0.0244. The SMILES string of the molecule is CCNC(=O)CN(CC)C(=O)c1c(N)c(C)nn1CC. The van der Waals surface area contributed by atoms with E-state index in [9.17, 15) is 9.59 Å². The van der Waals surface area contributed by atoms with E-state index in [1.54, 1.807) is 11.6 Å². The van der Waals surface area contributed by atoms with Crippen molar-refractivity contribution in [3.05, 3.63) is 11.4 Å². The standard InChI is InChI=1S/C13H23N5O2/c1-5-15-10(19)8-17(6-2)13(20)12-11(14)9(4)16-18(12)7-3/h5-8,14H2,1-4H3,(H,15,19). The number of carbonyl (C=O) groups excluding carboxylic acids is 2. The van der Waals surface area contributed by atoms with Crippen LogP contribution in [0.3, 0.4) is 0 Å². The van der Waals surface area contributed by atoms with Gasteiger partial charge >= 0.3 is 0 Å². The molecule has 0 unspecified atom stereocenters. The predicted octanol–water partition coefficient (Wildman–Crippen LogP) is 0.392. The van der Waals surface area contributed by atoms with Crippen molar-refractivity contribution in [1.29, 1.82) is 0 Å². The van der Waals surface area contributed by atoms with Gasteiger partial charge in [0.25, 0.3) is 5.91 Å². The van der Waals surface area contributed by atoms with E-state index in [0.29, 0.717) is 36.7 Å². The van der Waals surface area contributed by atoms with Gasteiger partial charge in [0.05, 0.1) is 17.9 Å². The molecule has 0 bridgehead atoms. The molecule has 0 aliphatic heterocycles. The number of nitrogens with two attached hydrogens (primary N) is 1. The minimum Gasteiger partial charge on any atom is -0.395 e. The minimum atomic E-state index is -0.265. The highest BCUT2D eigenvalue weighted by Gasteiger charge is 2.24. The van der Waals surface area contributed by atoms with Crippen LogP contribution in [-0.4, -0.2) is 46.1 Å². The number of hydrogen-bond donors (Lipinski definition) is 2. The fourth-order valence-electron chi connectivity index (χ4n) is 1.95. The van der Waals surface area contributed by atoms with Crippen LogP contribution >= 0.6 is 0 Å². The molecule has 3 N–H and O–H groups in total. The molecule has 20 heavy (non-hydrogen) atoms. The summed E-state index contributed by atoms with van der Waals surface area (Å²) in [7, 11) is 0. The molecular weight excluding hydrogens is 258 g/mol. The number of carbonyl (C=O) groups is 2. The van der Waals surface area contributed by atoms with Gasteiger partial charge in [-0.3, -0.25) is 14.3 Å². The van der Waals surface area contributed by atoms with E-state index in [0.717, 1.165) is 0 Å². The van der Waals surface area contributed by atoms with Crippen LogP contribution in [0.15, 0.2) is 0 Å². The van der Waals surface area contributed by atoms with E-state index >= 15 is 0 Å². The quantitative estimate of drug-likeness (QED) is 0.789. The second-order valence-electron chi connectivity index (χ2n) is 4.44. The lowest BCUT2D eigenvalue weighted by atomic mass is 10.2. The molecule has 1 rings (SSSR count). The van der Waals surface area contributed by atoms with Crippen molar-refractivity contribution < 1.29 is 9.59 Å². The van der Waals surface area contributed by atoms with Gasteiger partial charge in [0.15, 0.2) is 0 Å². The summed E-state index contributed by atoms with van der Waals surface area (Å²) in [5, 5.41) is 6.90. The maximum absolute atomic E-state index is 12.5. The van der Waals surface area contributed by atoms with E-state index in [4.69, 9.17) is 5.73 Å². The number of hydrogen-bond acceptors (Lipinski definition) is 4. The van der Waals surface area contributed by atoms with Crippen molar-refractivity contribution in [2.75, 3.05) is 25.4 Å². The Morgan fingerprint density at radius 2 is 2.00 bits per heavy atom. The third kappa shape index (κ3) is 3.28. The van der Waals surface area contributed by atoms with Crippen molar-refractivity contribution >= 4 is 17.5 Å². The molecule has 0 saturated carbocycles. The van der Waals surface area contributed by atoms with Gasteiger partial charge in [0.2, 0.25) is 5.91 Å². The number of amides is 2. The monoisotopic (exact) mass is 281 g/mol. The molecule has 1 heterocycles. The fraction of sp³-hybridized carbons (Fsp3) is 0.615. The molecule has 0 atom stereocenters. The highest BCUT2D eigenvalue weighted by molar-refractivity contribution is 5.99. The van der Waals surface area contributed by atoms with E-state index in [-0.39, 0.29) is 18.4 Å². The van der Waals surface area contributed by atoms with Crippen molar-refractivity contribution in [2.45, 2.75) is 34.2 Å². The normalized spacial score (nSPS) is 10.4. The van der Waals surface area contributed by atoms with E-state index in [1.165, 1.54) is 4.90 Å². The largest absolute Gasteiger partial charge is 0.395 e. The third-order valence-electron chi connectivity index (χ3n) is 3.05. The van der Waals surface area contributed by atoms with Gasteiger partial charge in [-0.25, -0.2) is 0 Å². The molecule has 0 aliphatic carbocycles. The Morgan fingerprint density at radius 3 is 2.50 bits per heavy atom. The summed E-state index contributed by atoms with van der Waals surface area (Å²) in [5.41, 5.74) is 7.30. The zero-order valence-corrected chi connectivity index (χ0v) is 12.6. The fourth-order valence-corrected chi connectivity index (χ4v) is 1.95. The van der Waals surface area contributed by atoms with Gasteiger partial charge in [0.1, 0.15) is 5.69 Å². The molecule has 0 saturated heterocycles. The lowest BCUT2D eigenvalue weighted by Gasteiger charge is -2.20. The number of anilines is 1. The van der Waals surface area contributed by atoms with Gasteiger partial charge < -0.3 is 16.0 Å². The maximum atomic E-state index is 12.5. The topological polar surface area (TPSA) is 93.2 Å². The second kappa shape index (κ2) is 6.93. The van der Waals surface area contributed by atoms with Gasteiger partial charge in [-0.2, -0.15) is 5.10 Å². The molecule has 112 valence electrons. The Balaban J connectivity index is 2.99. The number of nitrogens with one attached hydrogen (secondary N) is 1. The second-order valence-corrected chi connectivity index (χ2v) is 4.44. The Bertz CT molecular complexity index is 495. The Morgan fingerprint density at radius 1 is 1.35 bits per heavy atom. The average Bonchev–Trinajstić information content (AvgIpc) is 2.71. The summed E-state index contributed by atoms with van der Waals surface area (Å²) in [4.78, 5) is 25.6. The van der Waals surface area contributed by atoms with Crippen LogP contribution < -0.4 is 11.1 Å². The van der Waals surface area contributed by atoms with Crippen LogP contribution in [0.4, 0.5) is 5.69 Å². The number of rotatable bonds is 6. The van der Waals surface area contributed by atoms with Crippen LogP contribution in [0, 0.1) is 6.92 Å². The Labute approximate surface area is 119 Å². The first-order chi connectivity index (χ1) is 9.46. The highest BCUT2D eigenvalue weighted by Crippen LogP contribution is 2.18. The predicted molar refractivity (Wildman–Crippen MR) is 77.3 cm³/mol. The van der Waals surface area contributed by atoms with Crippen molar-refractivity contribution in [2.24, 2.45) is 0 Å². The first-order valence-electron chi connectivity index (χ1n) is 6.84. The highest BCUT2D eigenvalue weighted by atomic mass is 16.2. The van der Waals surface area contributed by atoms with Crippen molar-refractivity contribution in [1.82, 2.24) is 20.0 Å². The summed E-state index contributed by atoms with van der Waals surface area (Å²) in [5.74, 6) is -0.445. The summed E-state index contributed by atoms with van der Waals surface area (Å²) < 4.78 is 1.58. The number of likely N-dealkylation sites (N-methyl/N-ethyl adjacent to an activating group) is 2. The van der Waals surface area contributed by atoms with E-state index < -0.39 is 0 Å². The molecule has 0 aliphatic rings. The van der Waals surface area contributed by atoms with Crippen LogP contribution in [0.1, 0.15) is 37.0 Å². The molecule has 0 aromatic carbocycles. The van der Waals surface area contributed by atoms with Gasteiger partial charge in [-0.1, -0.05) is 0 Å². The summed E-state index contributed by atoms with van der Waals surface area (Å²) in [6, 6.07) is 0. The van der Waals surface area contributed by atoms with Crippen molar-refractivity contribution in [3.63, 3.8) is 0 Å². The van der Waals surface area contributed by atoms with Crippen LogP contribution in [0.5, 0.6) is 0 Å². The zero-order valence-electron chi connectivity index (χ0n) is 12.6. The van der Waals surface area contributed by atoms with Crippen molar-refractivity contribution in [3.8, 4) is 0 Å². The van der Waals surface area contributed by atoms with Crippen LogP contribution in [-0.2, 0) is 11.3 Å². The van der Waals surface area contributed by atoms with E-state index in [2.05, 4.69) is 10.4 Å². The molecule has 2 amide bonds. The first-order valence-corrected chi connectivity index (χ1v) is 6.84. The molecule has 0 spiro atoms. The summed E-state index contributed by atoms with van der Waals surface area (Å²) in [6.07, 6.45) is 0. The number of nitrogens with zero attached hydrogens (tertiary/aromatic N) is 3. The molecule has 0 fully saturated rings. The smallest absolute Gasteiger partial charge is 0.274 e. The molecule has 1 aromatic rings. The van der Waals surface area contributed by atoms with Gasteiger partial charge in [-0.05, 0) is 27.7 Å². The third-order valence-corrected chi connectivity index (χ3v) is 3.05. The number of aryl methyl sites for hydroxylation is 2. The number of nitrogen functional groups attached to an aromatic ring is 1. The lowest BCUT2D eigenvalue weighted by molar-refractivity contribution is -0.121. The molecule has 7 heteroatoms. The van der Waals surface area contributed by atoms with Crippen LogP contribution in [0.25, 0.3) is 0 Å². The summed E-state index contributed by atoms with van der Waals surface area (Å²) >= 11 is 0. The molecule has 0 radical (unpaired) electrons. The first kappa shape index (κ1) is 16.0. The zero-order chi connectivity index (χ0) is 15.3. The average molecular weight is 281 g/mol. The Hall–Kier alpha value is -2.05. The van der Waals surface area contributed by atoms with Gasteiger partial charge in [0, 0.05) is 19.6 Å². The van der Waals surface area contributed by atoms with Crippen LogP contribution in [0.2, 0.25) is 0 Å². The maximum Gasteiger partial charge on any atom is 0.274 e. The summed E-state index contributed by atoms with van der Waals surface area (Å²) in [6.45, 7) is 8.87. The Kier molecular flexibility index (Phi) is 5.54. The molecule has 7 nitrogen and oxygen atoms in total. The van der Waals surface area contributed by atoms with E-state index in [1.807, 2.05) is 20.8 Å². The number of aromatic nitrogens is 2. The molecular formula is C13H23N5O2. The van der Waals surface area contributed by atoms with Gasteiger partial charge in [-0.15, -0.1) is 0 Å². The lowest BCUT2D eigenvalue weighted by Crippen LogP contribution is -2.41. The molecule has 1 aromatic heterocycles.